The van der Waals surface area contributed by atoms with Crippen LogP contribution in [0.1, 0.15) is 74.7 Å². The zero-order chi connectivity index (χ0) is 35.2. The van der Waals surface area contributed by atoms with Crippen LogP contribution < -0.4 is 5.32 Å². The second kappa shape index (κ2) is 16.1. The average Bonchev–Trinajstić information content (AvgIpc) is 3.01. The molecule has 0 bridgehead atoms. The molecule has 1 amide bonds. The number of carboxylic acid groups (broad SMARTS) is 1. The smallest absolute Gasteiger partial charge is 0.330 e. The Balaban J connectivity index is 2.02. The summed E-state index contributed by atoms with van der Waals surface area (Å²) in [6.45, 7) is 12.7. The number of carbonyl (C=O) groups excluding carboxylic acids is 3. The number of phenols is 1. The van der Waals surface area contributed by atoms with Crippen LogP contribution in [0.3, 0.4) is 0 Å². The van der Waals surface area contributed by atoms with Crippen LogP contribution in [0.4, 0.5) is 0 Å². The molecule has 0 saturated heterocycles. The molecule has 1 aromatic rings. The lowest BCUT2D eigenvalue weighted by Gasteiger charge is -2.36. The van der Waals surface area contributed by atoms with E-state index in [0.29, 0.717) is 5.56 Å². The summed E-state index contributed by atoms with van der Waals surface area (Å²) in [6.07, 6.45) is 2.68. The van der Waals surface area contributed by atoms with Gasteiger partial charge in [-0.1, -0.05) is 58.9 Å². The first kappa shape index (κ1) is 38.3. The Morgan fingerprint density at radius 2 is 1.30 bits per heavy atom. The van der Waals surface area contributed by atoms with E-state index in [9.17, 15) is 44.7 Å². The van der Waals surface area contributed by atoms with E-state index in [0.717, 1.165) is 6.08 Å². The highest BCUT2D eigenvalue weighted by molar-refractivity contribution is 6.25. The lowest BCUT2D eigenvalue weighted by molar-refractivity contribution is -0.132. The largest absolute Gasteiger partial charge is 0.508 e. The molecule has 11 heteroatoms. The van der Waals surface area contributed by atoms with Gasteiger partial charge in [-0.25, -0.2) is 4.79 Å². The number of carboxylic acids is 1. The van der Waals surface area contributed by atoms with Gasteiger partial charge < -0.3 is 36.0 Å². The van der Waals surface area contributed by atoms with E-state index >= 15 is 0 Å². The second-order valence-corrected chi connectivity index (χ2v) is 12.5. The summed E-state index contributed by atoms with van der Waals surface area (Å²) in [5.74, 6) is -6.08. The molecule has 0 heterocycles. The topological polar surface area (TPSA) is 202 Å². The Morgan fingerprint density at radius 3 is 1.85 bits per heavy atom. The molecule has 1 aliphatic rings. The maximum atomic E-state index is 12.9. The number of rotatable bonds is 14. The lowest BCUT2D eigenvalue weighted by atomic mass is 9.77. The predicted octanol–water partition coefficient (Wildman–Crippen LogP) is 3.24. The molecular formula is C35H47NO10. The van der Waals surface area contributed by atoms with Crippen LogP contribution in [0.5, 0.6) is 5.75 Å². The third-order valence-corrected chi connectivity index (χ3v) is 8.89. The van der Waals surface area contributed by atoms with Gasteiger partial charge in [0.25, 0.3) is 5.91 Å². The van der Waals surface area contributed by atoms with Crippen molar-refractivity contribution in [1.29, 1.82) is 0 Å². The van der Waals surface area contributed by atoms with Crippen molar-refractivity contribution in [3.05, 3.63) is 76.0 Å². The van der Waals surface area contributed by atoms with Gasteiger partial charge in [-0.3, -0.25) is 14.4 Å². The molecule has 9 atom stereocenters. The monoisotopic (exact) mass is 641 g/mol. The molecule has 0 spiro atoms. The van der Waals surface area contributed by atoms with Gasteiger partial charge in [-0.05, 0) is 38.5 Å². The van der Waals surface area contributed by atoms with Crippen LogP contribution in [-0.4, -0.2) is 78.5 Å². The number of carbonyl (C=O) groups is 4. The van der Waals surface area contributed by atoms with Gasteiger partial charge in [0.05, 0.1) is 30.1 Å². The molecule has 252 valence electrons. The minimum atomic E-state index is -1.15. The number of hydrogen-bond donors (Lipinski definition) is 7. The highest BCUT2D eigenvalue weighted by Gasteiger charge is 2.37. The summed E-state index contributed by atoms with van der Waals surface area (Å²) in [5, 5.41) is 65.0. The van der Waals surface area contributed by atoms with Crippen molar-refractivity contribution in [2.45, 2.75) is 79.8 Å². The van der Waals surface area contributed by atoms with Crippen LogP contribution in [0, 0.1) is 36.5 Å². The van der Waals surface area contributed by atoms with Gasteiger partial charge in [-0.2, -0.15) is 0 Å². The fourth-order valence-electron chi connectivity index (χ4n) is 5.47. The number of hydrogen-bond acceptors (Lipinski definition) is 9. The summed E-state index contributed by atoms with van der Waals surface area (Å²) in [5.41, 5.74) is 0.658. The predicted molar refractivity (Wildman–Crippen MR) is 172 cm³/mol. The van der Waals surface area contributed by atoms with E-state index in [1.165, 1.54) is 38.1 Å². The lowest BCUT2D eigenvalue weighted by Crippen LogP contribution is -2.45. The van der Waals surface area contributed by atoms with E-state index in [2.05, 4.69) is 5.32 Å². The number of aryl methyl sites for hydroxylation is 1. The number of amides is 1. The molecule has 0 aliphatic heterocycles. The molecule has 0 saturated carbocycles. The molecule has 46 heavy (non-hydrogen) atoms. The second-order valence-electron chi connectivity index (χ2n) is 12.5. The van der Waals surface area contributed by atoms with E-state index < -0.39 is 77.4 Å². The van der Waals surface area contributed by atoms with Crippen LogP contribution in [0.15, 0.2) is 59.4 Å². The first-order valence-corrected chi connectivity index (χ1v) is 15.2. The molecule has 0 aromatic heterocycles. The zero-order valence-corrected chi connectivity index (χ0v) is 27.6. The Hall–Kier alpha value is -3.90. The van der Waals surface area contributed by atoms with Crippen molar-refractivity contribution in [1.82, 2.24) is 5.32 Å². The van der Waals surface area contributed by atoms with E-state index in [1.807, 2.05) is 0 Å². The van der Waals surface area contributed by atoms with E-state index in [1.54, 1.807) is 53.7 Å². The first-order chi connectivity index (χ1) is 21.3. The van der Waals surface area contributed by atoms with E-state index in [4.69, 9.17) is 5.11 Å². The minimum Gasteiger partial charge on any atom is -0.508 e. The number of benzene rings is 1. The Bertz CT molecular complexity index is 1460. The molecular weight excluding hydrogens is 594 g/mol. The molecule has 1 aliphatic carbocycles. The molecule has 0 unspecified atom stereocenters. The number of nitrogens with one attached hydrogen (secondary N) is 1. The fourth-order valence-corrected chi connectivity index (χ4v) is 5.47. The molecule has 0 fully saturated rings. The Labute approximate surface area is 269 Å². The van der Waals surface area contributed by atoms with Crippen molar-refractivity contribution < 1.29 is 49.8 Å². The minimum absolute atomic E-state index is 0.0549. The fraction of sp³-hybridized carbons (Fsp3) is 0.486. The number of phenolic OH excluding ortho intramolecular Hbond substituents is 1. The van der Waals surface area contributed by atoms with Gasteiger partial charge in [0.2, 0.25) is 5.78 Å². The summed E-state index contributed by atoms with van der Waals surface area (Å²) >= 11 is 0. The van der Waals surface area contributed by atoms with E-state index in [-0.39, 0.29) is 33.7 Å². The standard InChI is InChI=1S/C35H47NO10/c1-16(29(39)21(6)31(41)23(8)32(42)22(7)30(40)19(4)12-20(5)35(45)46)10-9-11-17(2)34(44)36-26-15-28(38)24-14-27(37)18(3)13-25(24)33(26)43/h9-16,19,21-23,29-32,37,39-42H,1-8H3,(H,36,44)(H,45,46)/t16-,19+,21+,22-,23+,29+,30-,31+,32-/m1/s1. The summed E-state index contributed by atoms with van der Waals surface area (Å²) < 4.78 is 0. The van der Waals surface area contributed by atoms with Gasteiger partial charge in [0.15, 0.2) is 5.78 Å². The SMILES string of the molecule is CC(=C[C@H](C)[C@@H](O)[C@@H](C)[C@@H](O)[C@@H](C)[C@@H](O)[C@@H](C)[C@@H](O)[C@H](C)C=CC=C(C)C(=O)NC1=CC(=O)c2cc(O)c(C)cc2C1=O)C(=O)O. The zero-order valence-electron chi connectivity index (χ0n) is 27.6. The van der Waals surface area contributed by atoms with Gasteiger partial charge in [-0.15, -0.1) is 0 Å². The van der Waals surface area contributed by atoms with Crippen LogP contribution in [0.25, 0.3) is 0 Å². The third-order valence-electron chi connectivity index (χ3n) is 8.89. The number of aliphatic carboxylic acids is 1. The first-order valence-electron chi connectivity index (χ1n) is 15.2. The highest BCUT2D eigenvalue weighted by Crippen LogP contribution is 2.30. The average molecular weight is 642 g/mol. The number of aromatic hydroxyl groups is 1. The quantitative estimate of drug-likeness (QED) is 0.117. The number of ketones is 2. The number of Topliss-reactive ketones (excluding diaryl/α,β-unsaturated/α-hetero) is 1. The normalized spacial score (nSPS) is 20.1. The van der Waals surface area contributed by atoms with Crippen molar-refractivity contribution in [3.8, 4) is 5.75 Å². The van der Waals surface area contributed by atoms with Crippen LogP contribution >= 0.6 is 0 Å². The third kappa shape index (κ3) is 9.10. The van der Waals surface area contributed by atoms with Crippen molar-refractivity contribution in [3.63, 3.8) is 0 Å². The van der Waals surface area contributed by atoms with Gasteiger partial charge in [0.1, 0.15) is 5.75 Å². The number of aliphatic hydroxyl groups is 4. The highest BCUT2D eigenvalue weighted by atomic mass is 16.4. The summed E-state index contributed by atoms with van der Waals surface area (Å²) in [7, 11) is 0. The molecule has 7 N–H and O–H groups in total. The summed E-state index contributed by atoms with van der Waals surface area (Å²) in [6, 6.07) is 2.63. The molecule has 11 nitrogen and oxygen atoms in total. The van der Waals surface area contributed by atoms with Crippen molar-refractivity contribution in [2.24, 2.45) is 29.6 Å². The van der Waals surface area contributed by atoms with Crippen molar-refractivity contribution >= 4 is 23.4 Å². The van der Waals surface area contributed by atoms with Crippen LogP contribution in [-0.2, 0) is 9.59 Å². The molecule has 0 radical (unpaired) electrons. The Morgan fingerprint density at radius 1 is 0.783 bits per heavy atom. The van der Waals surface area contributed by atoms with Crippen LogP contribution in [0.2, 0.25) is 0 Å². The maximum absolute atomic E-state index is 12.9. The number of allylic oxidation sites excluding steroid dienone is 4. The number of aliphatic hydroxyl groups excluding tert-OH is 4. The molecule has 1 aromatic carbocycles. The maximum Gasteiger partial charge on any atom is 0.330 e. The molecule has 2 rings (SSSR count). The van der Waals surface area contributed by atoms with Crippen molar-refractivity contribution in [2.75, 3.05) is 0 Å². The number of fused-ring (bicyclic) bond motifs is 1. The summed E-state index contributed by atoms with van der Waals surface area (Å²) in [4.78, 5) is 49.2. The Kier molecular flexibility index (Phi) is 13.4. The van der Waals surface area contributed by atoms with Gasteiger partial charge >= 0.3 is 5.97 Å². The van der Waals surface area contributed by atoms with Gasteiger partial charge in [0, 0.05) is 57.9 Å².